The van der Waals surface area contributed by atoms with Gasteiger partial charge in [0.05, 0.1) is 0 Å². The van der Waals surface area contributed by atoms with E-state index in [0.29, 0.717) is 6.54 Å². The molecule has 0 aliphatic heterocycles. The van der Waals surface area contributed by atoms with Gasteiger partial charge < -0.3 is 5.73 Å². The molecule has 78 valence electrons. The molecule has 15 heavy (non-hydrogen) atoms. The summed E-state index contributed by atoms with van der Waals surface area (Å²) in [4.78, 5) is 0. The highest BCUT2D eigenvalue weighted by molar-refractivity contribution is 7.14. The number of aryl methyl sites for hydroxylation is 1. The number of hydrogen-bond donors (Lipinski definition) is 1. The van der Waals surface area contributed by atoms with Gasteiger partial charge in [-0.25, -0.2) is 0 Å². The fourth-order valence-corrected chi connectivity index (χ4v) is 2.26. The summed E-state index contributed by atoms with van der Waals surface area (Å²) in [6, 6.07) is 8.28. The summed E-state index contributed by atoms with van der Waals surface area (Å²) in [6.45, 7) is 2.61. The molecule has 0 fully saturated rings. The highest BCUT2D eigenvalue weighted by Gasteiger charge is 2.08. The van der Waals surface area contributed by atoms with Gasteiger partial charge in [0.2, 0.25) is 0 Å². The van der Waals surface area contributed by atoms with Gasteiger partial charge in [-0.05, 0) is 12.0 Å². The van der Waals surface area contributed by atoms with Crippen molar-refractivity contribution in [1.82, 2.24) is 10.2 Å². The van der Waals surface area contributed by atoms with E-state index in [0.717, 1.165) is 16.4 Å². The molecule has 0 aliphatic rings. The summed E-state index contributed by atoms with van der Waals surface area (Å²) < 4.78 is 0. The van der Waals surface area contributed by atoms with Crippen molar-refractivity contribution in [3.05, 3.63) is 34.8 Å². The Kier molecular flexibility index (Phi) is 3.08. The molecule has 1 aromatic heterocycles. The molecule has 0 saturated heterocycles. The fraction of sp³-hybridized carbons (Fsp3) is 0.273. The Bertz CT molecular complexity index is 451. The Morgan fingerprint density at radius 2 is 2.07 bits per heavy atom. The number of nitrogens with zero attached hydrogens (tertiary/aromatic N) is 2. The van der Waals surface area contributed by atoms with E-state index in [1.54, 1.807) is 11.3 Å². The molecule has 1 heterocycles. The molecule has 0 radical (unpaired) electrons. The van der Waals surface area contributed by atoms with Crippen LogP contribution in [0.5, 0.6) is 0 Å². The van der Waals surface area contributed by atoms with E-state index in [-0.39, 0.29) is 0 Å². The lowest BCUT2D eigenvalue weighted by atomic mass is 10.1. The molecular formula is C11H13N3S. The van der Waals surface area contributed by atoms with E-state index in [2.05, 4.69) is 29.3 Å². The van der Waals surface area contributed by atoms with Crippen LogP contribution >= 0.6 is 11.3 Å². The summed E-state index contributed by atoms with van der Waals surface area (Å²) in [7, 11) is 0. The summed E-state index contributed by atoms with van der Waals surface area (Å²) in [6.07, 6.45) is 1.01. The summed E-state index contributed by atoms with van der Waals surface area (Å²) >= 11 is 1.57. The van der Waals surface area contributed by atoms with Crippen molar-refractivity contribution in [2.75, 3.05) is 0 Å². The molecule has 4 heteroatoms. The highest BCUT2D eigenvalue weighted by atomic mass is 32.1. The van der Waals surface area contributed by atoms with E-state index < -0.39 is 0 Å². The minimum absolute atomic E-state index is 0.464. The van der Waals surface area contributed by atoms with Gasteiger partial charge in [0, 0.05) is 12.1 Å². The van der Waals surface area contributed by atoms with Crippen molar-refractivity contribution in [3.63, 3.8) is 0 Å². The molecule has 2 rings (SSSR count). The zero-order valence-electron chi connectivity index (χ0n) is 8.60. The average Bonchev–Trinajstić information content (AvgIpc) is 2.77. The first kappa shape index (κ1) is 10.3. The molecule has 0 aliphatic carbocycles. The first-order valence-electron chi connectivity index (χ1n) is 4.96. The van der Waals surface area contributed by atoms with E-state index in [4.69, 9.17) is 5.73 Å². The third-order valence-electron chi connectivity index (χ3n) is 2.27. The maximum atomic E-state index is 5.52. The smallest absolute Gasteiger partial charge is 0.148 e. The number of rotatable bonds is 3. The Balaban J connectivity index is 2.44. The minimum atomic E-state index is 0.464. The van der Waals surface area contributed by atoms with Gasteiger partial charge in [-0.3, -0.25) is 0 Å². The maximum absolute atomic E-state index is 5.52. The van der Waals surface area contributed by atoms with E-state index in [9.17, 15) is 0 Å². The van der Waals surface area contributed by atoms with Crippen molar-refractivity contribution in [3.8, 4) is 10.6 Å². The van der Waals surface area contributed by atoms with Crippen LogP contribution < -0.4 is 5.73 Å². The zero-order chi connectivity index (χ0) is 10.7. The van der Waals surface area contributed by atoms with E-state index in [1.807, 2.05) is 12.1 Å². The highest BCUT2D eigenvalue weighted by Crippen LogP contribution is 2.26. The Labute approximate surface area is 93.0 Å². The normalized spacial score (nSPS) is 10.5. The molecule has 0 saturated carbocycles. The van der Waals surface area contributed by atoms with Crippen LogP contribution in [0.25, 0.3) is 10.6 Å². The predicted octanol–water partition coefficient (Wildman–Crippen LogP) is 2.23. The lowest BCUT2D eigenvalue weighted by molar-refractivity contribution is 0.959. The quantitative estimate of drug-likeness (QED) is 0.861. The molecule has 1 aromatic carbocycles. The second-order valence-electron chi connectivity index (χ2n) is 3.22. The first-order valence-corrected chi connectivity index (χ1v) is 5.77. The zero-order valence-corrected chi connectivity index (χ0v) is 9.42. The number of aromatic nitrogens is 2. The second-order valence-corrected chi connectivity index (χ2v) is 4.28. The van der Waals surface area contributed by atoms with Crippen molar-refractivity contribution in [1.29, 1.82) is 0 Å². The summed E-state index contributed by atoms with van der Waals surface area (Å²) in [5, 5.41) is 10.0. The van der Waals surface area contributed by atoms with Crippen LogP contribution in [0.3, 0.4) is 0 Å². The number of nitrogens with two attached hydrogens (primary N) is 1. The van der Waals surface area contributed by atoms with Crippen LogP contribution in [-0.4, -0.2) is 10.2 Å². The third kappa shape index (κ3) is 2.06. The lowest BCUT2D eigenvalue weighted by Crippen LogP contribution is -1.94. The van der Waals surface area contributed by atoms with Gasteiger partial charge in [0.1, 0.15) is 10.0 Å². The van der Waals surface area contributed by atoms with Crippen LogP contribution in [-0.2, 0) is 13.0 Å². The van der Waals surface area contributed by atoms with Gasteiger partial charge in [-0.1, -0.05) is 42.5 Å². The van der Waals surface area contributed by atoms with Crippen molar-refractivity contribution >= 4 is 11.3 Å². The standard InChI is InChI=1S/C11H13N3S/c1-2-8-5-3-4-6-9(8)11-14-13-10(7-12)15-11/h3-6H,2,7,12H2,1H3. The Morgan fingerprint density at radius 1 is 1.27 bits per heavy atom. The Hall–Kier alpha value is -1.26. The van der Waals surface area contributed by atoms with Crippen LogP contribution in [0.4, 0.5) is 0 Å². The molecule has 0 bridgehead atoms. The minimum Gasteiger partial charge on any atom is -0.324 e. The van der Waals surface area contributed by atoms with E-state index >= 15 is 0 Å². The molecule has 3 nitrogen and oxygen atoms in total. The SMILES string of the molecule is CCc1ccccc1-c1nnc(CN)s1. The molecule has 0 spiro atoms. The monoisotopic (exact) mass is 219 g/mol. The van der Waals surface area contributed by atoms with Crippen molar-refractivity contribution in [2.24, 2.45) is 5.73 Å². The van der Waals surface area contributed by atoms with Gasteiger partial charge in [-0.2, -0.15) is 0 Å². The van der Waals surface area contributed by atoms with Gasteiger partial charge >= 0.3 is 0 Å². The van der Waals surface area contributed by atoms with Gasteiger partial charge in [-0.15, -0.1) is 10.2 Å². The van der Waals surface area contributed by atoms with Crippen LogP contribution in [0.2, 0.25) is 0 Å². The number of benzene rings is 1. The van der Waals surface area contributed by atoms with Crippen molar-refractivity contribution in [2.45, 2.75) is 19.9 Å². The topological polar surface area (TPSA) is 51.8 Å². The third-order valence-corrected chi connectivity index (χ3v) is 3.25. The van der Waals surface area contributed by atoms with Crippen LogP contribution in [0.1, 0.15) is 17.5 Å². The fourth-order valence-electron chi connectivity index (χ4n) is 1.48. The number of hydrogen-bond acceptors (Lipinski definition) is 4. The van der Waals surface area contributed by atoms with E-state index in [1.165, 1.54) is 11.1 Å². The molecular weight excluding hydrogens is 206 g/mol. The Morgan fingerprint density at radius 3 is 2.73 bits per heavy atom. The molecule has 0 amide bonds. The molecule has 2 N–H and O–H groups in total. The summed E-state index contributed by atoms with van der Waals surface area (Å²) in [5.41, 5.74) is 8.00. The van der Waals surface area contributed by atoms with Crippen LogP contribution in [0.15, 0.2) is 24.3 Å². The van der Waals surface area contributed by atoms with Gasteiger partial charge in [0.25, 0.3) is 0 Å². The molecule has 0 atom stereocenters. The average molecular weight is 219 g/mol. The van der Waals surface area contributed by atoms with Gasteiger partial charge in [0.15, 0.2) is 0 Å². The molecule has 2 aromatic rings. The lowest BCUT2D eigenvalue weighted by Gasteiger charge is -2.02. The molecule has 0 unspecified atom stereocenters. The largest absolute Gasteiger partial charge is 0.324 e. The first-order chi connectivity index (χ1) is 7.35. The predicted molar refractivity (Wildman–Crippen MR) is 62.6 cm³/mol. The summed E-state index contributed by atoms with van der Waals surface area (Å²) in [5.74, 6) is 0. The van der Waals surface area contributed by atoms with Crippen LogP contribution in [0, 0.1) is 0 Å². The van der Waals surface area contributed by atoms with Crippen molar-refractivity contribution < 1.29 is 0 Å². The maximum Gasteiger partial charge on any atom is 0.148 e. The second kappa shape index (κ2) is 4.51.